The summed E-state index contributed by atoms with van der Waals surface area (Å²) in [6, 6.07) is 15.9. The summed E-state index contributed by atoms with van der Waals surface area (Å²) in [5.41, 5.74) is 1.67. The van der Waals surface area contributed by atoms with Crippen LogP contribution in [0.15, 0.2) is 54.7 Å². The Labute approximate surface area is 160 Å². The molecule has 2 aromatic rings. The molecular formula is C22H25N3O2. The standard InChI is InChI=1S/C22H25N3O2/c26-20(16-19-8-4-5-12-23-19)25-15-11-22(17-25)10-14-24(21(22)27)13-9-18-6-2-1-3-7-18/h1-8,12H,9-11,13-17H2. The van der Waals surface area contributed by atoms with Crippen LogP contribution in [0.3, 0.4) is 0 Å². The molecule has 1 atom stereocenters. The molecule has 5 nitrogen and oxygen atoms in total. The van der Waals surface area contributed by atoms with E-state index in [1.807, 2.05) is 46.2 Å². The maximum atomic E-state index is 13.1. The van der Waals surface area contributed by atoms with Crippen LogP contribution in [0.25, 0.3) is 0 Å². The lowest BCUT2D eigenvalue weighted by Gasteiger charge is -2.23. The number of rotatable bonds is 5. The molecule has 2 saturated heterocycles. The summed E-state index contributed by atoms with van der Waals surface area (Å²) in [4.78, 5) is 33.7. The maximum absolute atomic E-state index is 13.1. The molecule has 1 aromatic heterocycles. The molecular weight excluding hydrogens is 338 g/mol. The summed E-state index contributed by atoms with van der Waals surface area (Å²) in [5, 5.41) is 0. The second-order valence-electron chi connectivity index (χ2n) is 7.62. The van der Waals surface area contributed by atoms with Gasteiger partial charge in [0.2, 0.25) is 11.8 Å². The first-order chi connectivity index (χ1) is 13.2. The number of nitrogens with zero attached hydrogens (tertiary/aromatic N) is 3. The highest BCUT2D eigenvalue weighted by Gasteiger charge is 2.51. The number of aromatic nitrogens is 1. The van der Waals surface area contributed by atoms with Gasteiger partial charge in [-0.3, -0.25) is 14.6 Å². The summed E-state index contributed by atoms with van der Waals surface area (Å²) in [6.45, 7) is 2.78. The molecule has 2 fully saturated rings. The van der Waals surface area contributed by atoms with Gasteiger partial charge in [0.05, 0.1) is 11.8 Å². The van der Waals surface area contributed by atoms with Crippen molar-refractivity contribution in [1.29, 1.82) is 0 Å². The summed E-state index contributed by atoms with van der Waals surface area (Å²) in [6.07, 6.45) is 4.53. The molecule has 0 bridgehead atoms. The monoisotopic (exact) mass is 363 g/mol. The van der Waals surface area contributed by atoms with Gasteiger partial charge in [-0.2, -0.15) is 0 Å². The largest absolute Gasteiger partial charge is 0.342 e. The first-order valence-electron chi connectivity index (χ1n) is 9.67. The minimum absolute atomic E-state index is 0.0705. The van der Waals surface area contributed by atoms with Gasteiger partial charge in [0.1, 0.15) is 0 Å². The molecule has 1 spiro atoms. The second-order valence-corrected chi connectivity index (χ2v) is 7.62. The van der Waals surface area contributed by atoms with Gasteiger partial charge in [0, 0.05) is 38.1 Å². The molecule has 2 aliphatic rings. The highest BCUT2D eigenvalue weighted by molar-refractivity contribution is 5.87. The quantitative estimate of drug-likeness (QED) is 0.819. The highest BCUT2D eigenvalue weighted by Crippen LogP contribution is 2.40. The fourth-order valence-electron chi connectivity index (χ4n) is 4.25. The minimum Gasteiger partial charge on any atom is -0.342 e. The molecule has 1 unspecified atom stereocenters. The molecule has 0 N–H and O–H groups in total. The molecule has 140 valence electrons. The van der Waals surface area contributed by atoms with Crippen LogP contribution in [0.1, 0.15) is 24.1 Å². The molecule has 2 amide bonds. The van der Waals surface area contributed by atoms with Crippen LogP contribution in [0, 0.1) is 5.41 Å². The Kier molecular flexibility index (Phi) is 4.92. The average molecular weight is 363 g/mol. The van der Waals surface area contributed by atoms with E-state index in [1.54, 1.807) is 6.20 Å². The van der Waals surface area contributed by atoms with E-state index in [2.05, 4.69) is 17.1 Å². The fraction of sp³-hybridized carbons (Fsp3) is 0.409. The predicted octanol–water partition coefficient (Wildman–Crippen LogP) is 2.32. The van der Waals surface area contributed by atoms with Crippen LogP contribution in [0.4, 0.5) is 0 Å². The van der Waals surface area contributed by atoms with Crippen LogP contribution in [-0.2, 0) is 22.4 Å². The molecule has 4 rings (SSSR count). The Bertz CT molecular complexity index is 809. The Morgan fingerprint density at radius 1 is 1.04 bits per heavy atom. The van der Waals surface area contributed by atoms with Crippen LogP contribution >= 0.6 is 0 Å². The lowest BCUT2D eigenvalue weighted by atomic mass is 9.85. The lowest BCUT2D eigenvalue weighted by molar-refractivity contribution is -0.136. The van der Waals surface area contributed by atoms with Gasteiger partial charge in [-0.05, 0) is 37.0 Å². The van der Waals surface area contributed by atoms with E-state index in [1.165, 1.54) is 5.56 Å². The molecule has 0 radical (unpaired) electrons. The topological polar surface area (TPSA) is 53.5 Å². The van der Waals surface area contributed by atoms with Crippen molar-refractivity contribution < 1.29 is 9.59 Å². The molecule has 27 heavy (non-hydrogen) atoms. The normalized spacial score (nSPS) is 22.0. The smallest absolute Gasteiger partial charge is 0.230 e. The van der Waals surface area contributed by atoms with Gasteiger partial charge in [-0.25, -0.2) is 0 Å². The van der Waals surface area contributed by atoms with Gasteiger partial charge < -0.3 is 9.80 Å². The molecule has 3 heterocycles. The van der Waals surface area contributed by atoms with Crippen molar-refractivity contribution in [3.63, 3.8) is 0 Å². The Balaban J connectivity index is 1.34. The van der Waals surface area contributed by atoms with Gasteiger partial charge >= 0.3 is 0 Å². The zero-order chi connectivity index (χ0) is 18.7. The molecule has 0 aliphatic carbocycles. The van der Waals surface area contributed by atoms with Crippen molar-refractivity contribution in [2.24, 2.45) is 5.41 Å². The summed E-state index contributed by atoms with van der Waals surface area (Å²) >= 11 is 0. The Morgan fingerprint density at radius 3 is 2.59 bits per heavy atom. The summed E-state index contributed by atoms with van der Waals surface area (Å²) in [7, 11) is 0. The summed E-state index contributed by atoms with van der Waals surface area (Å²) in [5.74, 6) is 0.299. The van der Waals surface area contributed by atoms with Crippen LogP contribution in [-0.4, -0.2) is 52.8 Å². The fourth-order valence-corrected chi connectivity index (χ4v) is 4.25. The zero-order valence-corrected chi connectivity index (χ0v) is 15.5. The van der Waals surface area contributed by atoms with Crippen LogP contribution in [0.2, 0.25) is 0 Å². The van der Waals surface area contributed by atoms with Gasteiger partial charge in [-0.15, -0.1) is 0 Å². The molecule has 2 aliphatic heterocycles. The third-order valence-corrected chi connectivity index (χ3v) is 5.88. The van der Waals surface area contributed by atoms with Crippen LogP contribution < -0.4 is 0 Å². The van der Waals surface area contributed by atoms with Crippen molar-refractivity contribution in [2.75, 3.05) is 26.2 Å². The van der Waals surface area contributed by atoms with Gasteiger partial charge in [0.15, 0.2) is 0 Å². The SMILES string of the molecule is O=C(Cc1ccccn1)N1CCC2(CCN(CCc3ccccc3)C2=O)C1. The van der Waals surface area contributed by atoms with Gasteiger partial charge in [0.25, 0.3) is 0 Å². The van der Waals surface area contributed by atoms with Crippen molar-refractivity contribution >= 4 is 11.8 Å². The number of likely N-dealkylation sites (tertiary alicyclic amines) is 2. The Morgan fingerprint density at radius 2 is 1.81 bits per heavy atom. The first kappa shape index (κ1) is 17.7. The average Bonchev–Trinajstić information content (AvgIpc) is 3.27. The zero-order valence-electron chi connectivity index (χ0n) is 15.5. The van der Waals surface area contributed by atoms with Crippen molar-refractivity contribution in [1.82, 2.24) is 14.8 Å². The molecule has 1 aromatic carbocycles. The predicted molar refractivity (Wildman–Crippen MR) is 103 cm³/mol. The van der Waals surface area contributed by atoms with Crippen molar-refractivity contribution in [2.45, 2.75) is 25.7 Å². The van der Waals surface area contributed by atoms with E-state index >= 15 is 0 Å². The second kappa shape index (κ2) is 7.51. The summed E-state index contributed by atoms with van der Waals surface area (Å²) < 4.78 is 0. The third kappa shape index (κ3) is 3.72. The van der Waals surface area contributed by atoms with Gasteiger partial charge in [-0.1, -0.05) is 36.4 Å². The molecule has 0 saturated carbocycles. The number of amides is 2. The number of benzene rings is 1. The van der Waals surface area contributed by atoms with Crippen molar-refractivity contribution in [3.05, 3.63) is 66.0 Å². The van der Waals surface area contributed by atoms with E-state index in [0.29, 0.717) is 19.5 Å². The number of carbonyl (C=O) groups is 2. The van der Waals surface area contributed by atoms with E-state index in [9.17, 15) is 9.59 Å². The number of carbonyl (C=O) groups excluding carboxylic acids is 2. The third-order valence-electron chi connectivity index (χ3n) is 5.88. The van der Waals surface area contributed by atoms with E-state index in [4.69, 9.17) is 0 Å². The first-order valence-corrected chi connectivity index (χ1v) is 9.67. The van der Waals surface area contributed by atoms with E-state index in [-0.39, 0.29) is 17.2 Å². The van der Waals surface area contributed by atoms with E-state index < -0.39 is 0 Å². The molecule has 5 heteroatoms. The number of hydrogen-bond donors (Lipinski definition) is 0. The minimum atomic E-state index is -0.365. The van der Waals surface area contributed by atoms with Crippen LogP contribution in [0.5, 0.6) is 0 Å². The maximum Gasteiger partial charge on any atom is 0.230 e. The number of pyridine rings is 1. The number of hydrogen-bond acceptors (Lipinski definition) is 3. The van der Waals surface area contributed by atoms with E-state index in [0.717, 1.165) is 38.0 Å². The lowest BCUT2D eigenvalue weighted by Crippen LogP contribution is -2.39. The Hall–Kier alpha value is -2.69. The van der Waals surface area contributed by atoms with Crippen molar-refractivity contribution in [3.8, 4) is 0 Å². The highest BCUT2D eigenvalue weighted by atomic mass is 16.2.